The number of para-hydroxylation sites is 1. The van der Waals surface area contributed by atoms with Crippen molar-refractivity contribution in [3.8, 4) is 5.88 Å². The van der Waals surface area contributed by atoms with E-state index in [4.69, 9.17) is 4.74 Å². The highest BCUT2D eigenvalue weighted by molar-refractivity contribution is 7.12. The van der Waals surface area contributed by atoms with Crippen LogP contribution in [-0.2, 0) is 0 Å². The van der Waals surface area contributed by atoms with Gasteiger partial charge in [-0.1, -0.05) is 18.2 Å². The minimum absolute atomic E-state index is 0.161. The van der Waals surface area contributed by atoms with E-state index in [0.29, 0.717) is 27.7 Å². The van der Waals surface area contributed by atoms with Gasteiger partial charge in [0.15, 0.2) is 0 Å². The second-order valence-corrected chi connectivity index (χ2v) is 6.35. The van der Waals surface area contributed by atoms with E-state index in [1.54, 1.807) is 49.5 Å². The fraction of sp³-hybridized carbons (Fsp3) is 0.105. The van der Waals surface area contributed by atoms with Crippen molar-refractivity contribution in [3.05, 3.63) is 70.5 Å². The summed E-state index contributed by atoms with van der Waals surface area (Å²) in [4.78, 5) is 31.4. The fourth-order valence-electron chi connectivity index (χ4n) is 2.41. The number of benzene rings is 1. The van der Waals surface area contributed by atoms with E-state index in [1.807, 2.05) is 11.4 Å². The van der Waals surface area contributed by atoms with Crippen LogP contribution in [0, 0.1) is 0 Å². The number of hydrogen-bond acceptors (Lipinski definition) is 5. The van der Waals surface area contributed by atoms with E-state index < -0.39 is 0 Å². The van der Waals surface area contributed by atoms with Crippen LogP contribution >= 0.6 is 11.3 Å². The van der Waals surface area contributed by atoms with Crippen molar-refractivity contribution >= 4 is 34.5 Å². The molecule has 0 unspecified atom stereocenters. The van der Waals surface area contributed by atoms with Gasteiger partial charge >= 0.3 is 0 Å². The Morgan fingerprint density at radius 3 is 2.58 bits per heavy atom. The van der Waals surface area contributed by atoms with Gasteiger partial charge in [0.2, 0.25) is 5.88 Å². The molecule has 26 heavy (non-hydrogen) atoms. The second-order valence-electron chi connectivity index (χ2n) is 5.40. The van der Waals surface area contributed by atoms with Crippen LogP contribution in [0.5, 0.6) is 5.88 Å². The summed E-state index contributed by atoms with van der Waals surface area (Å²) in [6.07, 6.45) is 1.51. The van der Waals surface area contributed by atoms with Gasteiger partial charge in [0.05, 0.1) is 35.1 Å². The van der Waals surface area contributed by atoms with Gasteiger partial charge in [-0.2, -0.15) is 0 Å². The minimum atomic E-state index is -0.321. The number of carbonyl (C=O) groups excluding carboxylic acids is 2. The zero-order chi connectivity index (χ0) is 18.5. The Hall–Kier alpha value is -3.19. The molecule has 0 aliphatic rings. The Balaban J connectivity index is 1.83. The first-order valence-electron chi connectivity index (χ1n) is 7.82. The SMILES string of the molecule is COc1ccc(NC(=O)c2ccccc2N(C)C(=O)c2cccs2)cn1. The molecule has 1 aromatic carbocycles. The first-order valence-corrected chi connectivity index (χ1v) is 8.70. The molecular weight excluding hydrogens is 350 g/mol. The molecule has 0 radical (unpaired) electrons. The standard InChI is InChI=1S/C19H17N3O3S/c1-22(19(24)16-8-5-11-26-16)15-7-4-3-6-14(15)18(23)21-13-9-10-17(25-2)20-12-13/h3-12H,1-2H3,(H,21,23). The summed E-state index contributed by atoms with van der Waals surface area (Å²) in [5.74, 6) is -0.0190. The van der Waals surface area contributed by atoms with Crippen LogP contribution < -0.4 is 15.0 Å². The van der Waals surface area contributed by atoms with Crippen molar-refractivity contribution in [3.63, 3.8) is 0 Å². The van der Waals surface area contributed by atoms with Crippen molar-refractivity contribution in [2.24, 2.45) is 0 Å². The van der Waals surface area contributed by atoms with Gasteiger partial charge in [-0.25, -0.2) is 4.98 Å². The molecule has 1 N–H and O–H groups in total. The number of anilines is 2. The Kier molecular flexibility index (Phi) is 5.28. The summed E-state index contributed by atoms with van der Waals surface area (Å²) in [7, 11) is 3.18. The number of nitrogens with one attached hydrogen (secondary N) is 1. The minimum Gasteiger partial charge on any atom is -0.481 e. The van der Waals surface area contributed by atoms with E-state index in [-0.39, 0.29) is 11.8 Å². The van der Waals surface area contributed by atoms with Crippen molar-refractivity contribution < 1.29 is 14.3 Å². The molecule has 0 atom stereocenters. The third-order valence-corrected chi connectivity index (χ3v) is 4.61. The highest BCUT2D eigenvalue weighted by Gasteiger charge is 2.20. The van der Waals surface area contributed by atoms with Gasteiger partial charge in [-0.15, -0.1) is 11.3 Å². The average Bonchev–Trinajstić information content (AvgIpc) is 3.22. The topological polar surface area (TPSA) is 71.5 Å². The van der Waals surface area contributed by atoms with Crippen LogP contribution in [0.1, 0.15) is 20.0 Å². The van der Waals surface area contributed by atoms with Gasteiger partial charge in [-0.3, -0.25) is 9.59 Å². The number of rotatable bonds is 5. The lowest BCUT2D eigenvalue weighted by Gasteiger charge is -2.19. The molecule has 132 valence electrons. The number of ether oxygens (including phenoxy) is 1. The molecule has 0 bridgehead atoms. The zero-order valence-corrected chi connectivity index (χ0v) is 15.1. The highest BCUT2D eigenvalue weighted by atomic mass is 32.1. The number of aromatic nitrogens is 1. The molecule has 0 spiro atoms. The summed E-state index contributed by atoms with van der Waals surface area (Å²) < 4.78 is 5.00. The predicted molar refractivity (Wildman–Crippen MR) is 102 cm³/mol. The van der Waals surface area contributed by atoms with Crippen LogP contribution in [0.4, 0.5) is 11.4 Å². The first-order chi connectivity index (χ1) is 12.6. The molecule has 0 aliphatic heterocycles. The number of nitrogens with zero attached hydrogens (tertiary/aromatic N) is 2. The Labute approximate surface area is 155 Å². The van der Waals surface area contributed by atoms with E-state index in [0.717, 1.165) is 0 Å². The molecule has 2 aromatic heterocycles. The second kappa shape index (κ2) is 7.79. The predicted octanol–water partition coefficient (Wildman–Crippen LogP) is 3.68. The Morgan fingerprint density at radius 1 is 1.12 bits per heavy atom. The maximum atomic E-state index is 12.7. The normalized spacial score (nSPS) is 10.2. The van der Waals surface area contributed by atoms with Gasteiger partial charge in [0, 0.05) is 13.1 Å². The summed E-state index contributed by atoms with van der Waals surface area (Å²) in [6.45, 7) is 0. The van der Waals surface area contributed by atoms with E-state index in [2.05, 4.69) is 10.3 Å². The maximum absolute atomic E-state index is 12.7. The van der Waals surface area contributed by atoms with Crippen molar-refractivity contribution in [2.75, 3.05) is 24.4 Å². The van der Waals surface area contributed by atoms with Crippen molar-refractivity contribution in [1.29, 1.82) is 0 Å². The largest absolute Gasteiger partial charge is 0.481 e. The van der Waals surface area contributed by atoms with Crippen molar-refractivity contribution in [2.45, 2.75) is 0 Å². The molecule has 2 heterocycles. The molecule has 7 heteroatoms. The quantitative estimate of drug-likeness (QED) is 0.747. The van der Waals surface area contributed by atoms with E-state index >= 15 is 0 Å². The Bertz CT molecular complexity index is 908. The number of pyridine rings is 1. The van der Waals surface area contributed by atoms with E-state index in [9.17, 15) is 9.59 Å². The molecule has 0 fully saturated rings. The lowest BCUT2D eigenvalue weighted by atomic mass is 10.1. The van der Waals surface area contributed by atoms with Crippen LogP contribution in [0.25, 0.3) is 0 Å². The summed E-state index contributed by atoms with van der Waals surface area (Å²) >= 11 is 1.36. The summed E-state index contributed by atoms with van der Waals surface area (Å²) in [6, 6.07) is 13.9. The molecule has 3 rings (SSSR count). The molecule has 6 nitrogen and oxygen atoms in total. The number of amides is 2. The van der Waals surface area contributed by atoms with Gasteiger partial charge in [-0.05, 0) is 29.6 Å². The van der Waals surface area contributed by atoms with Crippen LogP contribution in [-0.4, -0.2) is 31.0 Å². The zero-order valence-electron chi connectivity index (χ0n) is 14.3. The highest BCUT2D eigenvalue weighted by Crippen LogP contribution is 2.24. The number of carbonyl (C=O) groups is 2. The van der Waals surface area contributed by atoms with Crippen molar-refractivity contribution in [1.82, 2.24) is 4.98 Å². The van der Waals surface area contributed by atoms with Crippen LogP contribution in [0.15, 0.2) is 60.1 Å². The van der Waals surface area contributed by atoms with E-state index in [1.165, 1.54) is 29.5 Å². The van der Waals surface area contributed by atoms with Crippen LogP contribution in [0.3, 0.4) is 0 Å². The lowest BCUT2D eigenvalue weighted by Crippen LogP contribution is -2.28. The third-order valence-electron chi connectivity index (χ3n) is 3.75. The molecular formula is C19H17N3O3S. The van der Waals surface area contributed by atoms with Gasteiger partial charge in [0.25, 0.3) is 11.8 Å². The van der Waals surface area contributed by atoms with Gasteiger partial charge < -0.3 is 15.0 Å². The molecule has 0 saturated carbocycles. The molecule has 0 aliphatic carbocycles. The number of methoxy groups -OCH3 is 1. The monoisotopic (exact) mass is 367 g/mol. The fourth-order valence-corrected chi connectivity index (χ4v) is 3.11. The first kappa shape index (κ1) is 17.6. The number of thiophene rings is 1. The number of hydrogen-bond donors (Lipinski definition) is 1. The molecule has 0 saturated heterocycles. The van der Waals surface area contributed by atoms with Crippen LogP contribution in [0.2, 0.25) is 0 Å². The average molecular weight is 367 g/mol. The summed E-state index contributed by atoms with van der Waals surface area (Å²) in [5, 5.41) is 4.63. The Morgan fingerprint density at radius 2 is 1.92 bits per heavy atom. The van der Waals surface area contributed by atoms with Gasteiger partial charge in [0.1, 0.15) is 0 Å². The smallest absolute Gasteiger partial charge is 0.268 e. The third kappa shape index (κ3) is 3.73. The summed E-state index contributed by atoms with van der Waals surface area (Å²) in [5.41, 5.74) is 1.47. The lowest BCUT2D eigenvalue weighted by molar-refractivity contribution is 0.0996. The maximum Gasteiger partial charge on any atom is 0.268 e. The molecule has 3 aromatic rings. The molecule has 2 amide bonds.